The zero-order valence-electron chi connectivity index (χ0n) is 27.0. The fourth-order valence-corrected chi connectivity index (χ4v) is 4.81. The summed E-state index contributed by atoms with van der Waals surface area (Å²) in [6, 6.07) is -1.22. The van der Waals surface area contributed by atoms with Gasteiger partial charge in [-0.2, -0.15) is 0 Å². The molecule has 0 aromatic rings. The first kappa shape index (κ1) is 40.2. The summed E-state index contributed by atoms with van der Waals surface area (Å²) in [7, 11) is 1.38. The monoisotopic (exact) mass is 678 g/mol. The van der Waals surface area contributed by atoms with Crippen LogP contribution in [0.1, 0.15) is 39.5 Å². The summed E-state index contributed by atoms with van der Waals surface area (Å²) in [5.74, 6) is -3.11. The molecule has 0 aromatic heterocycles. The Labute approximate surface area is 272 Å². The van der Waals surface area contributed by atoms with E-state index in [1.54, 1.807) is 0 Å². The summed E-state index contributed by atoms with van der Waals surface area (Å²) in [4.78, 5) is 62.9. The summed E-state index contributed by atoms with van der Waals surface area (Å²) >= 11 is 0. The van der Waals surface area contributed by atoms with E-state index in [1.165, 1.54) is 18.9 Å². The van der Waals surface area contributed by atoms with Crippen LogP contribution < -0.4 is 27.0 Å². The van der Waals surface area contributed by atoms with Crippen LogP contribution in [0.3, 0.4) is 0 Å². The van der Waals surface area contributed by atoms with Gasteiger partial charge in [-0.25, -0.2) is 0 Å². The molecule has 2 rings (SSSR count). The number of nitrogens with zero attached hydrogens (tertiary/aromatic N) is 1. The number of rotatable bonds is 19. The first-order valence-corrected chi connectivity index (χ1v) is 15.5. The number of amides is 5. The number of carbonyl (C=O) groups is 5. The third kappa shape index (κ3) is 14.3. The van der Waals surface area contributed by atoms with Gasteiger partial charge >= 0.3 is 0 Å². The van der Waals surface area contributed by atoms with Crippen molar-refractivity contribution in [2.45, 2.75) is 94.8 Å². The Morgan fingerprint density at radius 1 is 0.830 bits per heavy atom. The van der Waals surface area contributed by atoms with Gasteiger partial charge in [0.25, 0.3) is 0 Å². The molecule has 2 aliphatic rings. The van der Waals surface area contributed by atoms with Gasteiger partial charge in [0.2, 0.25) is 29.5 Å². The molecule has 0 aromatic carbocycles. The minimum atomic E-state index is -1.53. The van der Waals surface area contributed by atoms with E-state index >= 15 is 0 Å². The summed E-state index contributed by atoms with van der Waals surface area (Å²) in [5.41, 5.74) is 5.23. The van der Waals surface area contributed by atoms with Crippen molar-refractivity contribution >= 4 is 29.5 Å². The van der Waals surface area contributed by atoms with Gasteiger partial charge in [0.15, 0.2) is 12.6 Å². The number of hydrogen-bond donors (Lipinski definition) is 9. The maximum atomic E-state index is 13.1. The lowest BCUT2D eigenvalue weighted by atomic mass is 10.0. The first-order valence-electron chi connectivity index (χ1n) is 15.5. The van der Waals surface area contributed by atoms with E-state index in [9.17, 15) is 44.4 Å². The van der Waals surface area contributed by atoms with Crippen molar-refractivity contribution in [3.05, 3.63) is 0 Å². The Morgan fingerprint density at radius 3 is 2.13 bits per heavy atom. The largest absolute Gasteiger partial charge is 0.388 e. The summed E-state index contributed by atoms with van der Waals surface area (Å²) in [5, 5.41) is 49.9. The van der Waals surface area contributed by atoms with Gasteiger partial charge in [-0.05, 0) is 33.1 Å². The van der Waals surface area contributed by atoms with Crippen LogP contribution in [0, 0.1) is 0 Å². The molecule has 0 spiro atoms. The van der Waals surface area contributed by atoms with Crippen molar-refractivity contribution in [1.82, 2.24) is 26.2 Å². The van der Waals surface area contributed by atoms with Crippen LogP contribution in [0.25, 0.3) is 0 Å². The highest BCUT2D eigenvalue weighted by molar-refractivity contribution is 5.89. The molecule has 2 heterocycles. The van der Waals surface area contributed by atoms with Crippen molar-refractivity contribution in [3.8, 4) is 0 Å². The quantitative estimate of drug-likeness (QED) is 0.0578. The van der Waals surface area contributed by atoms with Crippen molar-refractivity contribution in [2.24, 2.45) is 5.73 Å². The molecule has 5 amide bonds. The zero-order valence-corrected chi connectivity index (χ0v) is 27.0. The smallest absolute Gasteiger partial charge is 0.242 e. The van der Waals surface area contributed by atoms with Crippen molar-refractivity contribution in [1.29, 1.82) is 0 Å². The van der Waals surface area contributed by atoms with E-state index < -0.39 is 91.8 Å². The van der Waals surface area contributed by atoms with E-state index in [0.29, 0.717) is 12.8 Å². The second-order valence-corrected chi connectivity index (χ2v) is 11.5. The molecular formula is C28H50N6O13. The number of nitrogens with two attached hydrogens (primary N) is 1. The standard InChI is InChI=1S/C28H50N6O13/c1-15-4-6-18(35)27(46-15)44-10-8-31-20(37)7-5-17(33-22(39)14-34(12-19(29)36)13-21(38)30-3)26(43)32-9-11-45-28-25(42)24(41)23(40)16(2)47-28/h15-18,23-25,27-28,35,40-42H,4-14H2,1-3H3,(H2,29,36)(H,30,38)(H,31,37)(H,32,43)(H,33,39)/t15-,16-,17-,18-,23+,24+,25-,27+,28+/m0/s1. The molecule has 2 fully saturated rings. The Balaban J connectivity index is 1.92. The summed E-state index contributed by atoms with van der Waals surface area (Å²) in [6.07, 6.45) is -7.13. The van der Waals surface area contributed by atoms with Crippen molar-refractivity contribution in [2.75, 3.05) is 53.0 Å². The number of nitrogens with one attached hydrogen (secondary N) is 4. The van der Waals surface area contributed by atoms with E-state index in [1.807, 2.05) is 6.92 Å². The summed E-state index contributed by atoms with van der Waals surface area (Å²) in [6.45, 7) is 2.05. The first-order chi connectivity index (χ1) is 22.2. The molecule has 0 bridgehead atoms. The van der Waals surface area contributed by atoms with Crippen LogP contribution in [-0.4, -0.2) is 163 Å². The second-order valence-electron chi connectivity index (χ2n) is 11.5. The highest BCUT2D eigenvalue weighted by atomic mass is 16.7. The van der Waals surface area contributed by atoms with Gasteiger partial charge in [-0.1, -0.05) is 0 Å². The maximum absolute atomic E-state index is 13.1. The molecule has 19 heteroatoms. The van der Waals surface area contributed by atoms with Crippen LogP contribution in [-0.2, 0) is 42.9 Å². The molecule has 0 aliphatic carbocycles. The molecule has 10 N–H and O–H groups in total. The number of likely N-dealkylation sites (N-methyl/N-ethyl adjacent to an activating group) is 1. The van der Waals surface area contributed by atoms with E-state index in [4.69, 9.17) is 24.7 Å². The lowest BCUT2D eigenvalue weighted by Gasteiger charge is -2.38. The highest BCUT2D eigenvalue weighted by Gasteiger charge is 2.42. The minimum absolute atomic E-state index is 0.0627. The fourth-order valence-electron chi connectivity index (χ4n) is 4.81. The molecule has 9 atom stereocenters. The molecule has 0 radical (unpaired) electrons. The molecule has 2 aliphatic heterocycles. The van der Waals surface area contributed by atoms with Gasteiger partial charge in [0.05, 0.1) is 45.1 Å². The third-order valence-electron chi connectivity index (χ3n) is 7.45. The van der Waals surface area contributed by atoms with E-state index in [-0.39, 0.29) is 51.8 Å². The number of ether oxygens (including phenoxy) is 4. The van der Waals surface area contributed by atoms with Crippen LogP contribution in [0.2, 0.25) is 0 Å². The lowest BCUT2D eigenvalue weighted by Crippen LogP contribution is -2.57. The van der Waals surface area contributed by atoms with Crippen LogP contribution in [0.15, 0.2) is 0 Å². The van der Waals surface area contributed by atoms with Crippen LogP contribution in [0.4, 0.5) is 0 Å². The average Bonchev–Trinajstić information content (AvgIpc) is 3.01. The predicted molar refractivity (Wildman–Crippen MR) is 161 cm³/mol. The van der Waals surface area contributed by atoms with E-state index in [0.717, 1.165) is 0 Å². The minimum Gasteiger partial charge on any atom is -0.388 e. The van der Waals surface area contributed by atoms with Crippen LogP contribution in [0.5, 0.6) is 0 Å². The SMILES string of the molecule is CNC(=O)CN(CC(N)=O)CC(=O)N[C@@H](CCC(=O)NCCO[C@@H]1O[C@@H](C)CC[C@@H]1O)C(=O)NCCO[C@@H]1O[C@@H](C)[C@@H](O)[C@@H](O)[C@@H]1O. The fraction of sp³-hybridized carbons (Fsp3) is 0.821. The number of carbonyl (C=O) groups excluding carboxylic acids is 5. The van der Waals surface area contributed by atoms with Gasteiger partial charge in [0, 0.05) is 26.6 Å². The lowest BCUT2D eigenvalue weighted by molar-refractivity contribution is -0.292. The van der Waals surface area contributed by atoms with Gasteiger partial charge in [-0.15, -0.1) is 0 Å². The molecule has 270 valence electrons. The number of hydrogen-bond acceptors (Lipinski definition) is 14. The average molecular weight is 679 g/mol. The second kappa shape index (κ2) is 20.4. The Hall–Kier alpha value is -3.01. The van der Waals surface area contributed by atoms with E-state index in [2.05, 4.69) is 21.3 Å². The zero-order chi connectivity index (χ0) is 35.1. The number of aliphatic hydroxyl groups is 4. The molecular weight excluding hydrogens is 628 g/mol. The molecule has 47 heavy (non-hydrogen) atoms. The maximum Gasteiger partial charge on any atom is 0.242 e. The Morgan fingerprint density at radius 2 is 1.47 bits per heavy atom. The molecule has 19 nitrogen and oxygen atoms in total. The Bertz CT molecular complexity index is 1040. The number of aliphatic hydroxyl groups excluding tert-OH is 4. The molecule has 0 saturated carbocycles. The molecule has 0 unspecified atom stereocenters. The summed E-state index contributed by atoms with van der Waals surface area (Å²) < 4.78 is 21.8. The topological polar surface area (TPSA) is 281 Å². The number of primary amides is 1. The van der Waals surface area contributed by atoms with Gasteiger partial charge < -0.3 is 66.4 Å². The van der Waals surface area contributed by atoms with Gasteiger partial charge in [0.1, 0.15) is 30.5 Å². The Kier molecular flexibility index (Phi) is 17.4. The van der Waals surface area contributed by atoms with Crippen molar-refractivity contribution in [3.63, 3.8) is 0 Å². The third-order valence-corrected chi connectivity index (χ3v) is 7.45. The van der Waals surface area contributed by atoms with Crippen molar-refractivity contribution < 1.29 is 63.3 Å². The van der Waals surface area contributed by atoms with Crippen LogP contribution >= 0.6 is 0 Å². The normalized spacial score (nSPS) is 28.3. The highest BCUT2D eigenvalue weighted by Crippen LogP contribution is 2.22. The predicted octanol–water partition coefficient (Wildman–Crippen LogP) is -5.24. The van der Waals surface area contributed by atoms with Gasteiger partial charge in [-0.3, -0.25) is 28.9 Å². The molecule has 2 saturated heterocycles.